The zero-order valence-corrected chi connectivity index (χ0v) is 33.0. The van der Waals surface area contributed by atoms with Crippen LogP contribution in [-0.4, -0.2) is 130 Å². The van der Waals surface area contributed by atoms with Gasteiger partial charge in [0.2, 0.25) is 0 Å². The average Bonchev–Trinajstić information content (AvgIpc) is 3.21. The third-order valence-electron chi connectivity index (χ3n) is 9.98. The van der Waals surface area contributed by atoms with Crippen molar-refractivity contribution in [2.24, 2.45) is 0 Å². The molecule has 288 valence electrons. The number of carbonyl (C=O) groups is 2. The van der Waals surface area contributed by atoms with Crippen molar-refractivity contribution >= 4 is 35.5 Å². The molecule has 2 heterocycles. The molecule has 0 aromatic heterocycles. The van der Waals surface area contributed by atoms with Gasteiger partial charge in [-0.3, -0.25) is 19.4 Å². The Morgan fingerprint density at radius 1 is 0.463 bits per heavy atom. The van der Waals surface area contributed by atoms with Gasteiger partial charge in [-0.15, -0.1) is 0 Å². The Morgan fingerprint density at radius 3 is 1.00 bits per heavy atom. The minimum Gasteiger partial charge on any atom is -0.481 e. The van der Waals surface area contributed by atoms with Gasteiger partial charge in [-0.1, -0.05) is 121 Å². The Balaban J connectivity index is 0.000000208. The van der Waals surface area contributed by atoms with Gasteiger partial charge in [0.15, 0.2) is 0 Å². The van der Waals surface area contributed by atoms with E-state index < -0.39 is 11.9 Å². The van der Waals surface area contributed by atoms with Crippen molar-refractivity contribution in [2.45, 2.75) is 24.9 Å². The fourth-order valence-corrected chi connectivity index (χ4v) is 8.66. The second-order valence-electron chi connectivity index (χ2n) is 13.8. The van der Waals surface area contributed by atoms with Crippen molar-refractivity contribution in [1.82, 2.24) is 19.6 Å². The van der Waals surface area contributed by atoms with E-state index in [4.69, 9.17) is 10.2 Å². The lowest BCUT2D eigenvalue weighted by atomic mass is 9.96. The molecule has 4 aromatic carbocycles. The molecule has 0 bridgehead atoms. The standard InChI is InChI=1S/2C22H28N2O2S/c2*25-21(26)18-27-17-7-12-23-13-15-24(16-14-23)22(19-8-3-1-4-9-19)20-10-5-2-6-11-20/h2*1-6,8-11,22H,7,12-18H2,(H,25,26). The van der Waals surface area contributed by atoms with Crippen LogP contribution in [0.5, 0.6) is 0 Å². The largest absolute Gasteiger partial charge is 0.481 e. The van der Waals surface area contributed by atoms with Gasteiger partial charge in [0, 0.05) is 52.4 Å². The fraction of sp³-hybridized carbons (Fsp3) is 0.409. The van der Waals surface area contributed by atoms with Crippen LogP contribution < -0.4 is 0 Å². The minimum absolute atomic E-state index is 0.212. The predicted molar refractivity (Wildman–Crippen MR) is 225 cm³/mol. The first kappa shape index (κ1) is 41.5. The van der Waals surface area contributed by atoms with E-state index in [1.807, 2.05) is 0 Å². The van der Waals surface area contributed by atoms with Crippen LogP contribution in [0, 0.1) is 0 Å². The van der Waals surface area contributed by atoms with Gasteiger partial charge < -0.3 is 20.0 Å². The number of aliphatic carboxylic acids is 2. The molecule has 8 nitrogen and oxygen atoms in total. The van der Waals surface area contributed by atoms with Crippen molar-refractivity contribution in [1.29, 1.82) is 0 Å². The highest BCUT2D eigenvalue weighted by Crippen LogP contribution is 2.31. The Labute approximate surface area is 330 Å². The molecule has 2 aliphatic heterocycles. The van der Waals surface area contributed by atoms with Crippen LogP contribution >= 0.6 is 23.5 Å². The number of rotatable bonds is 18. The van der Waals surface area contributed by atoms with Crippen LogP contribution in [0.4, 0.5) is 0 Å². The zero-order valence-electron chi connectivity index (χ0n) is 31.3. The number of benzene rings is 4. The van der Waals surface area contributed by atoms with Gasteiger partial charge in [-0.05, 0) is 59.7 Å². The molecule has 0 saturated carbocycles. The normalized spacial score (nSPS) is 15.9. The van der Waals surface area contributed by atoms with E-state index in [9.17, 15) is 9.59 Å². The van der Waals surface area contributed by atoms with Gasteiger partial charge in [0.05, 0.1) is 23.6 Å². The van der Waals surface area contributed by atoms with E-state index in [0.717, 1.165) is 89.8 Å². The number of thioether (sulfide) groups is 2. The third-order valence-corrected chi connectivity index (χ3v) is 12.0. The lowest BCUT2D eigenvalue weighted by Gasteiger charge is -2.39. The molecule has 0 spiro atoms. The predicted octanol–water partition coefficient (Wildman–Crippen LogP) is 7.20. The van der Waals surface area contributed by atoms with Crippen molar-refractivity contribution in [3.63, 3.8) is 0 Å². The molecule has 0 aliphatic carbocycles. The Hall–Kier alpha value is -3.64. The summed E-state index contributed by atoms with van der Waals surface area (Å²) < 4.78 is 0. The van der Waals surface area contributed by atoms with E-state index in [0.29, 0.717) is 12.1 Å². The molecule has 10 heteroatoms. The number of hydrogen-bond donors (Lipinski definition) is 2. The average molecular weight is 769 g/mol. The summed E-state index contributed by atoms with van der Waals surface area (Å²) in [4.78, 5) is 31.3. The zero-order chi connectivity index (χ0) is 37.8. The van der Waals surface area contributed by atoms with Gasteiger partial charge in [-0.25, -0.2) is 0 Å². The fourth-order valence-electron chi connectivity index (χ4n) is 7.36. The summed E-state index contributed by atoms with van der Waals surface area (Å²) in [5.74, 6) is 0.822. The molecule has 4 aromatic rings. The first-order chi connectivity index (χ1) is 26.5. The third kappa shape index (κ3) is 13.9. The molecule has 2 N–H and O–H groups in total. The van der Waals surface area contributed by atoms with Crippen molar-refractivity contribution in [3.8, 4) is 0 Å². The van der Waals surface area contributed by atoms with E-state index in [1.54, 1.807) is 0 Å². The van der Waals surface area contributed by atoms with Gasteiger partial charge in [-0.2, -0.15) is 23.5 Å². The van der Waals surface area contributed by atoms with E-state index in [1.165, 1.54) is 45.8 Å². The van der Waals surface area contributed by atoms with E-state index in [2.05, 4.69) is 141 Å². The van der Waals surface area contributed by atoms with Crippen LogP contribution in [0.1, 0.15) is 47.2 Å². The second-order valence-corrected chi connectivity index (χ2v) is 16.0. The minimum atomic E-state index is -0.721. The van der Waals surface area contributed by atoms with Gasteiger partial charge in [0.25, 0.3) is 0 Å². The quantitative estimate of drug-likeness (QED) is 0.101. The van der Waals surface area contributed by atoms with Crippen LogP contribution in [0.15, 0.2) is 121 Å². The molecule has 0 unspecified atom stereocenters. The maximum atomic E-state index is 10.6. The summed E-state index contributed by atoms with van der Waals surface area (Å²) >= 11 is 3.03. The summed E-state index contributed by atoms with van der Waals surface area (Å²) in [6.07, 6.45) is 2.11. The van der Waals surface area contributed by atoms with E-state index >= 15 is 0 Å². The van der Waals surface area contributed by atoms with Crippen molar-refractivity contribution in [3.05, 3.63) is 144 Å². The lowest BCUT2D eigenvalue weighted by molar-refractivity contribution is -0.134. The highest BCUT2D eigenvalue weighted by Gasteiger charge is 2.27. The van der Waals surface area contributed by atoms with Gasteiger partial charge in [0.1, 0.15) is 0 Å². The summed E-state index contributed by atoms with van der Waals surface area (Å²) in [5.41, 5.74) is 5.40. The maximum Gasteiger partial charge on any atom is 0.313 e. The highest BCUT2D eigenvalue weighted by molar-refractivity contribution is 8.00. The summed E-state index contributed by atoms with van der Waals surface area (Å²) in [6, 6.07) is 43.7. The Bertz CT molecular complexity index is 1420. The number of carboxylic acid groups (broad SMARTS) is 2. The molecular formula is C44H56N4O4S2. The van der Waals surface area contributed by atoms with Gasteiger partial charge >= 0.3 is 11.9 Å². The van der Waals surface area contributed by atoms with Crippen molar-refractivity contribution in [2.75, 3.05) is 88.5 Å². The topological polar surface area (TPSA) is 87.6 Å². The summed E-state index contributed by atoms with van der Waals surface area (Å²) in [6.45, 7) is 10.6. The smallest absolute Gasteiger partial charge is 0.313 e. The molecule has 0 atom stereocenters. The summed E-state index contributed by atoms with van der Waals surface area (Å²) in [7, 11) is 0. The molecule has 6 rings (SSSR count). The first-order valence-corrected chi connectivity index (χ1v) is 21.5. The monoisotopic (exact) mass is 768 g/mol. The Kier molecular flexibility index (Phi) is 17.9. The molecule has 2 aliphatic rings. The van der Waals surface area contributed by atoms with Crippen LogP contribution in [0.2, 0.25) is 0 Å². The molecule has 2 fully saturated rings. The molecule has 0 radical (unpaired) electrons. The number of carboxylic acids is 2. The first-order valence-electron chi connectivity index (χ1n) is 19.2. The second kappa shape index (κ2) is 23.3. The number of hydrogen-bond acceptors (Lipinski definition) is 8. The highest BCUT2D eigenvalue weighted by atomic mass is 32.2. The molecule has 0 amide bonds. The molecular weight excluding hydrogens is 713 g/mol. The lowest BCUT2D eigenvalue weighted by Crippen LogP contribution is -2.48. The summed E-state index contributed by atoms with van der Waals surface area (Å²) in [5, 5.41) is 17.4. The SMILES string of the molecule is O=C(O)CSCCCN1CCN(C(c2ccccc2)c2ccccc2)CC1.O=C(O)CSCCCN1CCN(C(c2ccccc2)c2ccccc2)CC1. The maximum absolute atomic E-state index is 10.6. The van der Waals surface area contributed by atoms with Crippen molar-refractivity contribution < 1.29 is 19.8 Å². The van der Waals surface area contributed by atoms with Crippen LogP contribution in [-0.2, 0) is 9.59 Å². The van der Waals surface area contributed by atoms with E-state index in [-0.39, 0.29) is 11.5 Å². The Morgan fingerprint density at radius 2 is 0.741 bits per heavy atom. The molecule has 2 saturated heterocycles. The van der Waals surface area contributed by atoms with Crippen LogP contribution in [0.25, 0.3) is 0 Å². The number of piperazine rings is 2. The number of nitrogens with zero attached hydrogens (tertiary/aromatic N) is 4. The molecule has 54 heavy (non-hydrogen) atoms. The van der Waals surface area contributed by atoms with Crippen LogP contribution in [0.3, 0.4) is 0 Å².